The fourth-order valence-corrected chi connectivity index (χ4v) is 4.86. The van der Waals surface area contributed by atoms with Crippen LogP contribution in [0.1, 0.15) is 24.4 Å². The maximum absolute atomic E-state index is 13.0. The van der Waals surface area contributed by atoms with Crippen LogP contribution in [0.4, 0.5) is 0 Å². The first kappa shape index (κ1) is 22.1. The molecule has 0 saturated carbocycles. The van der Waals surface area contributed by atoms with Gasteiger partial charge in [-0.3, -0.25) is 14.3 Å². The van der Waals surface area contributed by atoms with Gasteiger partial charge in [-0.25, -0.2) is 14.3 Å². The molecular formula is C24H29N7O3. The van der Waals surface area contributed by atoms with Crippen LogP contribution in [0.15, 0.2) is 35.5 Å². The van der Waals surface area contributed by atoms with Crippen molar-refractivity contribution in [2.24, 2.45) is 0 Å². The number of carbonyl (C=O) groups is 1. The Morgan fingerprint density at radius 2 is 2.12 bits per heavy atom. The van der Waals surface area contributed by atoms with Crippen molar-refractivity contribution in [3.05, 3.63) is 46.8 Å². The molecule has 1 fully saturated rings. The molecule has 0 aliphatic carbocycles. The van der Waals surface area contributed by atoms with Crippen molar-refractivity contribution in [3.63, 3.8) is 0 Å². The summed E-state index contributed by atoms with van der Waals surface area (Å²) in [5, 5.41) is 4.26. The maximum atomic E-state index is 13.0. The minimum absolute atomic E-state index is 0.0156. The van der Waals surface area contributed by atoms with Gasteiger partial charge in [-0.1, -0.05) is 0 Å². The number of pyridine rings is 1. The Morgan fingerprint density at radius 3 is 2.88 bits per heavy atom. The number of amides is 1. The molecule has 0 radical (unpaired) electrons. The van der Waals surface area contributed by atoms with E-state index in [1.807, 2.05) is 29.8 Å². The molecule has 1 aliphatic heterocycles. The van der Waals surface area contributed by atoms with Crippen LogP contribution in [0.25, 0.3) is 27.8 Å². The number of imidazole rings is 1. The van der Waals surface area contributed by atoms with Crippen molar-refractivity contribution in [2.75, 3.05) is 40.8 Å². The molecule has 1 saturated heterocycles. The van der Waals surface area contributed by atoms with Gasteiger partial charge < -0.3 is 14.6 Å². The van der Waals surface area contributed by atoms with Gasteiger partial charge in [-0.05, 0) is 55.6 Å². The van der Waals surface area contributed by atoms with Crippen molar-refractivity contribution in [3.8, 4) is 16.9 Å². The summed E-state index contributed by atoms with van der Waals surface area (Å²) in [6.45, 7) is 3.95. The van der Waals surface area contributed by atoms with Gasteiger partial charge in [0.1, 0.15) is 6.33 Å². The standard InChI is InChI=1S/C24H29N7O3/c1-15-8-20-19(10-18(15)16-9-21(34-4)23-25-14-26-30(23)11-16)27-24(33)31(20)17-6-5-7-29(12-17)13-22(32)28(2)3/h8-11,14,17H,5-7,12-13H2,1-4H3,(H,27,33). The Morgan fingerprint density at radius 1 is 1.29 bits per heavy atom. The lowest BCUT2D eigenvalue weighted by molar-refractivity contribution is -0.130. The minimum atomic E-state index is -0.123. The second-order valence-electron chi connectivity index (χ2n) is 9.13. The van der Waals surface area contributed by atoms with Crippen LogP contribution in [-0.4, -0.2) is 80.7 Å². The van der Waals surface area contributed by atoms with Crippen LogP contribution in [0.2, 0.25) is 0 Å². The first-order valence-corrected chi connectivity index (χ1v) is 11.4. The number of fused-ring (bicyclic) bond motifs is 2. The molecule has 5 rings (SSSR count). The Labute approximate surface area is 196 Å². The number of methoxy groups -OCH3 is 1. The lowest BCUT2D eigenvalue weighted by Crippen LogP contribution is -2.44. The summed E-state index contributed by atoms with van der Waals surface area (Å²) in [5.74, 6) is 0.710. The second-order valence-corrected chi connectivity index (χ2v) is 9.13. The van der Waals surface area contributed by atoms with E-state index in [2.05, 4.69) is 26.0 Å². The van der Waals surface area contributed by atoms with Crippen molar-refractivity contribution in [1.29, 1.82) is 0 Å². The summed E-state index contributed by atoms with van der Waals surface area (Å²) in [5.41, 5.74) is 5.14. The number of benzene rings is 1. The van der Waals surface area contributed by atoms with E-state index < -0.39 is 0 Å². The van der Waals surface area contributed by atoms with E-state index in [0.29, 0.717) is 24.5 Å². The summed E-state index contributed by atoms with van der Waals surface area (Å²) >= 11 is 0. The number of carbonyl (C=O) groups excluding carboxylic acids is 1. The molecule has 0 spiro atoms. The summed E-state index contributed by atoms with van der Waals surface area (Å²) in [4.78, 5) is 36.3. The number of piperidine rings is 1. The Bertz CT molecular complexity index is 1430. The van der Waals surface area contributed by atoms with Gasteiger partial charge in [0.2, 0.25) is 5.91 Å². The molecule has 4 aromatic rings. The van der Waals surface area contributed by atoms with Crippen molar-refractivity contribution in [2.45, 2.75) is 25.8 Å². The van der Waals surface area contributed by atoms with Gasteiger partial charge >= 0.3 is 5.69 Å². The van der Waals surface area contributed by atoms with Crippen LogP contribution < -0.4 is 10.4 Å². The molecule has 34 heavy (non-hydrogen) atoms. The quantitative estimate of drug-likeness (QED) is 0.486. The molecule has 4 heterocycles. The van der Waals surface area contributed by atoms with Crippen LogP contribution >= 0.6 is 0 Å². The molecule has 1 amide bonds. The number of aromatic nitrogens is 5. The maximum Gasteiger partial charge on any atom is 0.326 e. The highest BCUT2D eigenvalue weighted by Crippen LogP contribution is 2.32. The zero-order valence-corrected chi connectivity index (χ0v) is 19.9. The van der Waals surface area contributed by atoms with E-state index in [0.717, 1.165) is 47.1 Å². The average molecular weight is 464 g/mol. The molecule has 1 aromatic carbocycles. The largest absolute Gasteiger partial charge is 0.493 e. The molecule has 1 atom stereocenters. The third-order valence-electron chi connectivity index (χ3n) is 6.64. The number of nitrogens with zero attached hydrogens (tertiary/aromatic N) is 6. The fourth-order valence-electron chi connectivity index (χ4n) is 4.86. The van der Waals surface area contributed by atoms with Crippen LogP contribution in [0, 0.1) is 6.92 Å². The Hall–Kier alpha value is -3.66. The molecule has 1 unspecified atom stereocenters. The lowest BCUT2D eigenvalue weighted by Gasteiger charge is -2.33. The Balaban J connectivity index is 1.52. The number of hydrogen-bond acceptors (Lipinski definition) is 6. The average Bonchev–Trinajstić information content (AvgIpc) is 3.41. The van der Waals surface area contributed by atoms with Crippen LogP contribution in [0.3, 0.4) is 0 Å². The number of H-pyrrole nitrogens is 1. The molecular weight excluding hydrogens is 434 g/mol. The van der Waals surface area contributed by atoms with Gasteiger partial charge in [0.25, 0.3) is 0 Å². The second kappa shape index (κ2) is 8.60. The molecule has 3 aromatic heterocycles. The van der Waals surface area contributed by atoms with E-state index in [9.17, 15) is 9.59 Å². The fraction of sp³-hybridized carbons (Fsp3) is 0.417. The van der Waals surface area contributed by atoms with Crippen LogP contribution in [0.5, 0.6) is 5.75 Å². The van der Waals surface area contributed by atoms with Crippen LogP contribution in [-0.2, 0) is 4.79 Å². The number of aryl methyl sites for hydroxylation is 1. The number of ether oxygens (including phenoxy) is 1. The van der Waals surface area contributed by atoms with Crippen molar-refractivity contribution in [1.82, 2.24) is 33.9 Å². The predicted octanol–water partition coefficient (Wildman–Crippen LogP) is 2.08. The molecule has 10 heteroatoms. The smallest absolute Gasteiger partial charge is 0.326 e. The molecule has 0 bridgehead atoms. The molecule has 1 N–H and O–H groups in total. The van der Waals surface area contributed by atoms with Gasteiger partial charge in [-0.2, -0.15) is 5.10 Å². The van der Waals surface area contributed by atoms with Gasteiger partial charge in [0.15, 0.2) is 11.4 Å². The Kier molecular flexibility index (Phi) is 5.60. The number of likely N-dealkylation sites (N-methyl/N-ethyl adjacent to an activating group) is 1. The minimum Gasteiger partial charge on any atom is -0.493 e. The van der Waals surface area contributed by atoms with Crippen molar-refractivity contribution < 1.29 is 9.53 Å². The van der Waals surface area contributed by atoms with E-state index in [1.54, 1.807) is 30.6 Å². The summed E-state index contributed by atoms with van der Waals surface area (Å²) < 4.78 is 9.07. The first-order chi connectivity index (χ1) is 16.4. The highest BCUT2D eigenvalue weighted by atomic mass is 16.5. The predicted molar refractivity (Wildman–Crippen MR) is 129 cm³/mol. The number of aromatic amines is 1. The number of likely N-dealkylation sites (tertiary alicyclic amines) is 1. The third-order valence-corrected chi connectivity index (χ3v) is 6.64. The lowest BCUT2D eigenvalue weighted by atomic mass is 10.00. The van der Waals surface area contributed by atoms with Gasteiger partial charge in [-0.15, -0.1) is 0 Å². The topological polar surface area (TPSA) is 101 Å². The molecule has 10 nitrogen and oxygen atoms in total. The normalized spacial score (nSPS) is 16.9. The van der Waals surface area contributed by atoms with E-state index in [4.69, 9.17) is 4.74 Å². The zero-order chi connectivity index (χ0) is 24.0. The highest BCUT2D eigenvalue weighted by Gasteiger charge is 2.26. The molecule has 1 aliphatic rings. The van der Waals surface area contributed by atoms with E-state index >= 15 is 0 Å². The number of nitrogens with one attached hydrogen (secondary N) is 1. The molecule has 178 valence electrons. The summed E-state index contributed by atoms with van der Waals surface area (Å²) in [6, 6.07) is 6.02. The first-order valence-electron chi connectivity index (χ1n) is 11.4. The summed E-state index contributed by atoms with van der Waals surface area (Å²) in [7, 11) is 5.15. The van der Waals surface area contributed by atoms with E-state index in [1.165, 1.54) is 6.33 Å². The van der Waals surface area contributed by atoms with Gasteiger partial charge in [0, 0.05) is 32.4 Å². The number of rotatable bonds is 5. The van der Waals surface area contributed by atoms with Gasteiger partial charge in [0.05, 0.1) is 30.7 Å². The zero-order valence-electron chi connectivity index (χ0n) is 19.9. The van der Waals surface area contributed by atoms with E-state index in [-0.39, 0.29) is 17.6 Å². The third kappa shape index (κ3) is 3.83. The SMILES string of the molecule is COc1cc(-c2cc3[nH]c(=O)n(C4CCCN(CC(=O)N(C)C)C4)c3cc2C)cn2ncnc12. The highest BCUT2D eigenvalue weighted by molar-refractivity contribution is 5.85. The number of hydrogen-bond donors (Lipinski definition) is 1. The summed E-state index contributed by atoms with van der Waals surface area (Å²) in [6.07, 6.45) is 5.25. The van der Waals surface area contributed by atoms with Crippen molar-refractivity contribution >= 4 is 22.6 Å². The monoisotopic (exact) mass is 463 g/mol.